The Bertz CT molecular complexity index is 1140. The second-order valence-electron chi connectivity index (χ2n) is 5.96. The van der Waals surface area contributed by atoms with Gasteiger partial charge in [0.15, 0.2) is 5.16 Å². The predicted molar refractivity (Wildman–Crippen MR) is 117 cm³/mol. The van der Waals surface area contributed by atoms with Crippen molar-refractivity contribution in [2.45, 2.75) is 10.9 Å². The van der Waals surface area contributed by atoms with Crippen LogP contribution in [0.25, 0.3) is 16.9 Å². The van der Waals surface area contributed by atoms with Crippen molar-refractivity contribution in [3.05, 3.63) is 70.6 Å². The summed E-state index contributed by atoms with van der Waals surface area (Å²) in [5.41, 5.74) is 13.9. The largest absolute Gasteiger partial charge is 0.368 e. The number of nitrogen functional groups attached to an aromatic ring is 2. The fourth-order valence-electron chi connectivity index (χ4n) is 2.80. The number of benzene rings is 2. The van der Waals surface area contributed by atoms with Crippen LogP contribution in [0.1, 0.15) is 5.82 Å². The quantitative estimate of drug-likeness (QED) is 0.437. The molecule has 4 N–H and O–H groups in total. The molecule has 0 saturated heterocycles. The zero-order chi connectivity index (χ0) is 20.4. The van der Waals surface area contributed by atoms with Crippen molar-refractivity contribution in [1.29, 1.82) is 0 Å². The number of hydrogen-bond acceptors (Lipinski definition) is 7. The van der Waals surface area contributed by atoms with Crippen molar-refractivity contribution in [3.63, 3.8) is 0 Å². The van der Waals surface area contributed by atoms with Gasteiger partial charge < -0.3 is 11.5 Å². The Hall–Kier alpha value is -2.81. The van der Waals surface area contributed by atoms with Crippen LogP contribution in [0.4, 0.5) is 11.9 Å². The standard InChI is InChI=1S/C19H15Cl2N7S/c20-12-7-4-8-13(16(12)21)28-14(11-5-2-1-3-6-11)9-24-19(28)29-10-15-25-17(22)27-18(23)26-15/h1-9H,10H2,(H4,22,23,25,26,27). The van der Waals surface area contributed by atoms with E-state index in [4.69, 9.17) is 34.7 Å². The Kier molecular flexibility index (Phi) is 5.57. The summed E-state index contributed by atoms with van der Waals surface area (Å²) in [4.78, 5) is 16.6. The monoisotopic (exact) mass is 443 g/mol. The molecule has 7 nitrogen and oxygen atoms in total. The molecule has 0 aliphatic carbocycles. The molecular weight excluding hydrogens is 429 g/mol. The number of anilines is 2. The van der Waals surface area contributed by atoms with E-state index in [9.17, 15) is 0 Å². The van der Waals surface area contributed by atoms with Crippen molar-refractivity contribution < 1.29 is 0 Å². The van der Waals surface area contributed by atoms with Crippen molar-refractivity contribution >= 4 is 46.9 Å². The summed E-state index contributed by atoms with van der Waals surface area (Å²) in [6.07, 6.45) is 1.80. The first-order chi connectivity index (χ1) is 14.0. The van der Waals surface area contributed by atoms with Gasteiger partial charge in [-0.3, -0.25) is 4.57 Å². The van der Waals surface area contributed by atoms with E-state index in [1.807, 2.05) is 47.0 Å². The van der Waals surface area contributed by atoms with Gasteiger partial charge in [0.05, 0.1) is 33.4 Å². The molecular formula is C19H15Cl2N7S. The number of rotatable bonds is 5. The number of nitrogens with two attached hydrogens (primary N) is 2. The topological polar surface area (TPSA) is 109 Å². The lowest BCUT2D eigenvalue weighted by molar-refractivity contribution is 0.896. The van der Waals surface area contributed by atoms with Gasteiger partial charge in [-0.05, 0) is 12.1 Å². The summed E-state index contributed by atoms with van der Waals surface area (Å²) < 4.78 is 1.96. The van der Waals surface area contributed by atoms with Gasteiger partial charge in [0.25, 0.3) is 0 Å². The van der Waals surface area contributed by atoms with Gasteiger partial charge in [-0.2, -0.15) is 15.0 Å². The summed E-state index contributed by atoms with van der Waals surface area (Å²) in [5, 5.41) is 1.61. The predicted octanol–water partition coefficient (Wildman–Crippen LogP) is 4.49. The fourth-order valence-corrected chi connectivity index (χ4v) is 4.02. The molecule has 146 valence electrons. The molecule has 0 atom stereocenters. The number of imidazole rings is 1. The molecule has 2 aromatic heterocycles. The second kappa shape index (κ2) is 8.28. The van der Waals surface area contributed by atoms with E-state index in [2.05, 4.69) is 19.9 Å². The SMILES string of the molecule is Nc1nc(N)nc(CSc2ncc(-c3ccccc3)n2-c2cccc(Cl)c2Cl)n1. The highest BCUT2D eigenvalue weighted by Crippen LogP contribution is 2.36. The molecule has 0 unspecified atom stereocenters. The third-order valence-corrected chi connectivity index (χ3v) is 5.78. The Balaban J connectivity index is 1.78. The van der Waals surface area contributed by atoms with Crippen LogP contribution in [0.5, 0.6) is 0 Å². The molecule has 4 rings (SSSR count). The highest BCUT2D eigenvalue weighted by Gasteiger charge is 2.18. The van der Waals surface area contributed by atoms with Gasteiger partial charge in [-0.25, -0.2) is 4.98 Å². The molecule has 2 aromatic carbocycles. The maximum absolute atomic E-state index is 6.52. The second-order valence-corrected chi connectivity index (χ2v) is 7.68. The molecule has 0 aliphatic heterocycles. The molecule has 10 heteroatoms. The average molecular weight is 444 g/mol. The smallest absolute Gasteiger partial charge is 0.225 e. The van der Waals surface area contributed by atoms with Crippen molar-refractivity contribution in [2.24, 2.45) is 0 Å². The summed E-state index contributed by atoms with van der Waals surface area (Å²) >= 11 is 14.2. The number of hydrogen-bond donors (Lipinski definition) is 2. The normalized spacial score (nSPS) is 11.0. The molecule has 0 radical (unpaired) electrons. The van der Waals surface area contributed by atoms with Gasteiger partial charge in [0.1, 0.15) is 5.82 Å². The summed E-state index contributed by atoms with van der Waals surface area (Å²) in [6, 6.07) is 15.4. The highest BCUT2D eigenvalue weighted by molar-refractivity contribution is 7.98. The van der Waals surface area contributed by atoms with E-state index in [0.29, 0.717) is 26.8 Å². The van der Waals surface area contributed by atoms with Crippen LogP contribution in [0.15, 0.2) is 59.9 Å². The minimum Gasteiger partial charge on any atom is -0.368 e. The molecule has 2 heterocycles. The van der Waals surface area contributed by atoms with Crippen LogP contribution in [0, 0.1) is 0 Å². The summed E-state index contributed by atoms with van der Waals surface area (Å²) in [5.74, 6) is 1.03. The third kappa shape index (κ3) is 4.14. The molecule has 29 heavy (non-hydrogen) atoms. The van der Waals surface area contributed by atoms with E-state index < -0.39 is 0 Å². The zero-order valence-corrected chi connectivity index (χ0v) is 17.3. The molecule has 0 fully saturated rings. The van der Waals surface area contributed by atoms with Gasteiger partial charge in [0.2, 0.25) is 11.9 Å². The van der Waals surface area contributed by atoms with Crippen LogP contribution >= 0.6 is 35.0 Å². The van der Waals surface area contributed by atoms with E-state index in [1.165, 1.54) is 11.8 Å². The number of halogens is 2. The minimum absolute atomic E-state index is 0.0827. The van der Waals surface area contributed by atoms with Gasteiger partial charge >= 0.3 is 0 Å². The lowest BCUT2D eigenvalue weighted by Gasteiger charge is -2.14. The lowest BCUT2D eigenvalue weighted by atomic mass is 10.1. The van der Waals surface area contributed by atoms with Crippen molar-refractivity contribution in [1.82, 2.24) is 24.5 Å². The van der Waals surface area contributed by atoms with E-state index in [-0.39, 0.29) is 11.9 Å². The van der Waals surface area contributed by atoms with Gasteiger partial charge in [-0.15, -0.1) is 0 Å². The first-order valence-electron chi connectivity index (χ1n) is 8.49. The van der Waals surface area contributed by atoms with E-state index in [0.717, 1.165) is 16.9 Å². The average Bonchev–Trinajstić information content (AvgIpc) is 3.12. The molecule has 0 amide bonds. The Labute approximate surface area is 181 Å². The van der Waals surface area contributed by atoms with Crippen LogP contribution < -0.4 is 11.5 Å². The van der Waals surface area contributed by atoms with Crippen LogP contribution in [-0.4, -0.2) is 24.5 Å². The molecule has 0 bridgehead atoms. The van der Waals surface area contributed by atoms with E-state index >= 15 is 0 Å². The van der Waals surface area contributed by atoms with Crippen LogP contribution in [-0.2, 0) is 5.75 Å². The van der Waals surface area contributed by atoms with Crippen molar-refractivity contribution in [3.8, 4) is 16.9 Å². The molecule has 4 aromatic rings. The van der Waals surface area contributed by atoms with Gasteiger partial charge in [-0.1, -0.05) is 71.4 Å². The van der Waals surface area contributed by atoms with E-state index in [1.54, 1.807) is 12.3 Å². The molecule has 0 aliphatic rings. The summed E-state index contributed by atoms with van der Waals surface area (Å²) in [7, 11) is 0. The maximum atomic E-state index is 6.52. The Morgan fingerprint density at radius 1 is 0.897 bits per heavy atom. The van der Waals surface area contributed by atoms with Crippen LogP contribution in [0.3, 0.4) is 0 Å². The Morgan fingerprint density at radius 2 is 1.62 bits per heavy atom. The number of aromatic nitrogens is 5. The first-order valence-corrected chi connectivity index (χ1v) is 10.2. The maximum Gasteiger partial charge on any atom is 0.225 e. The number of thioether (sulfide) groups is 1. The van der Waals surface area contributed by atoms with Gasteiger partial charge in [0, 0.05) is 5.56 Å². The molecule has 0 saturated carbocycles. The van der Waals surface area contributed by atoms with Crippen molar-refractivity contribution in [2.75, 3.05) is 11.5 Å². The Morgan fingerprint density at radius 3 is 2.34 bits per heavy atom. The fraction of sp³-hybridized carbons (Fsp3) is 0.0526. The van der Waals surface area contributed by atoms with Crippen LogP contribution in [0.2, 0.25) is 10.0 Å². The molecule has 0 spiro atoms. The summed E-state index contributed by atoms with van der Waals surface area (Å²) in [6.45, 7) is 0. The third-order valence-electron chi connectivity index (χ3n) is 4.02. The minimum atomic E-state index is 0.0827. The highest BCUT2D eigenvalue weighted by atomic mass is 35.5. The first kappa shape index (κ1) is 19.5. The number of nitrogens with zero attached hydrogens (tertiary/aromatic N) is 5. The zero-order valence-electron chi connectivity index (χ0n) is 15.0. The lowest BCUT2D eigenvalue weighted by Crippen LogP contribution is -2.06.